The van der Waals surface area contributed by atoms with Gasteiger partial charge in [0.15, 0.2) is 34.7 Å². The van der Waals surface area contributed by atoms with Gasteiger partial charge in [-0.15, -0.1) is 0 Å². The summed E-state index contributed by atoms with van der Waals surface area (Å²) in [7, 11) is 0. The third-order valence-electron chi connectivity index (χ3n) is 0. The smallest absolute Gasteiger partial charge is 0 e. The van der Waals surface area contributed by atoms with Crippen molar-refractivity contribution in [2.75, 3.05) is 0 Å². The van der Waals surface area contributed by atoms with Gasteiger partial charge in [-0.25, -0.2) is 0 Å². The third-order valence-corrected chi connectivity index (χ3v) is 0. The molecule has 0 aromatic heterocycles. The van der Waals surface area contributed by atoms with Crippen LogP contribution in [0.4, 0.5) is 0 Å². The molecule has 7 heteroatoms. The van der Waals surface area contributed by atoms with Gasteiger partial charge in [-0.05, 0) is 0 Å². The monoisotopic (exact) mass is 362 g/mol. The van der Waals surface area contributed by atoms with E-state index < -0.39 is 0 Å². The Hall–Kier alpha value is 3.77. The van der Waals surface area contributed by atoms with Crippen LogP contribution < -0.4 is 0 Å². The summed E-state index contributed by atoms with van der Waals surface area (Å²) in [5, 5.41) is 0. The summed E-state index contributed by atoms with van der Waals surface area (Å²) in [4.78, 5) is 0. The van der Waals surface area contributed by atoms with Crippen LogP contribution >= 0.6 is 0 Å². The van der Waals surface area contributed by atoms with Crippen LogP contribution in [0.15, 0.2) is 0 Å². The minimum absolute atomic E-state index is 0. The molecule has 0 atom stereocenters. The summed E-state index contributed by atoms with van der Waals surface area (Å²) >= 11 is 0. The maximum atomic E-state index is 0. The maximum absolute atomic E-state index is 0. The second-order valence-corrected chi connectivity index (χ2v) is 0. The van der Waals surface area contributed by atoms with Crippen molar-refractivity contribution in [3.05, 3.63) is 0 Å². The van der Waals surface area contributed by atoms with E-state index in [9.17, 15) is 0 Å². The van der Waals surface area contributed by atoms with Crippen molar-refractivity contribution in [1.82, 2.24) is 0 Å². The van der Waals surface area contributed by atoms with E-state index in [0.717, 1.165) is 0 Å². The van der Waals surface area contributed by atoms with Crippen LogP contribution in [-0.2, 0) is 87.8 Å². The van der Waals surface area contributed by atoms with E-state index in [1.807, 2.05) is 0 Å². The molecule has 0 fully saturated rings. The summed E-state index contributed by atoms with van der Waals surface area (Å²) in [5.41, 5.74) is 0. The molecule has 0 saturated carbocycles. The van der Waals surface area contributed by atoms with E-state index in [-0.39, 0.29) is 122 Å². The predicted octanol–water partition coefficient (Wildman–Crippen LogP) is -2.38. The van der Waals surface area contributed by atoms with Crippen molar-refractivity contribution < 1.29 is 87.8 Å². The summed E-state index contributed by atoms with van der Waals surface area (Å²) in [5.74, 6) is 0. The molecule has 0 saturated heterocycles. The summed E-state index contributed by atoms with van der Waals surface area (Å²) < 4.78 is 0. The predicted molar refractivity (Wildman–Crippen MR) is 19.9 cm³/mol. The Bertz CT molecular complexity index is 13.7. The van der Waals surface area contributed by atoms with E-state index in [1.165, 1.54) is 0 Å². The van der Waals surface area contributed by atoms with Gasteiger partial charge in [-0.3, -0.25) is 0 Å². The molecule has 0 heterocycles. The van der Waals surface area contributed by atoms with Crippen LogP contribution in [0.1, 0.15) is 0 Å². The Balaban J connectivity index is 0. The third kappa shape index (κ3) is 41.5. The van der Waals surface area contributed by atoms with Crippen molar-refractivity contribution in [2.24, 2.45) is 0 Å². The molecule has 0 aliphatic carbocycles. The van der Waals surface area contributed by atoms with Gasteiger partial charge in [-0.1, -0.05) is 0 Å². The van der Waals surface area contributed by atoms with Crippen LogP contribution in [0.25, 0.3) is 0 Å². The zero-order chi connectivity index (χ0) is 0. The molecular formula is H6Al2Cu2Fe2Zn. The molecule has 0 rings (SSSR count). The average molecular weight is 364 g/mol. The van der Waals surface area contributed by atoms with E-state index in [1.54, 1.807) is 0 Å². The topological polar surface area (TPSA) is 0 Å². The molecule has 0 bridgehead atoms. The molecule has 0 nitrogen and oxygen atoms in total. The minimum atomic E-state index is 0. The van der Waals surface area contributed by atoms with E-state index in [2.05, 4.69) is 0 Å². The standard InChI is InChI=1S/2Al.2Cu.2Fe.Zn.6H. The average Bonchev–Trinajstić information content (AvgIpc) is 0. The maximum Gasteiger partial charge on any atom is 0.187 e. The van der Waals surface area contributed by atoms with E-state index in [4.69, 9.17) is 0 Å². The van der Waals surface area contributed by atoms with Crippen LogP contribution in [-0.4, -0.2) is 34.7 Å². The van der Waals surface area contributed by atoms with Gasteiger partial charge in [0.1, 0.15) is 0 Å². The van der Waals surface area contributed by atoms with Crippen LogP contribution in [0, 0.1) is 0 Å². The largest absolute Gasteiger partial charge is 0.187 e. The zero-order valence-electron chi connectivity index (χ0n) is 2.02. The normalized spacial score (nSPS) is 0. The minimum Gasteiger partial charge on any atom is 0 e. The molecule has 0 unspecified atom stereocenters. The quantitative estimate of drug-likeness (QED) is 0.422. The van der Waals surface area contributed by atoms with E-state index >= 15 is 0 Å². The van der Waals surface area contributed by atoms with Gasteiger partial charge in [-0.2, -0.15) is 0 Å². The van der Waals surface area contributed by atoms with Crippen molar-refractivity contribution in [3.8, 4) is 0 Å². The Labute approximate surface area is 120 Å². The van der Waals surface area contributed by atoms with Crippen LogP contribution in [0.5, 0.6) is 0 Å². The van der Waals surface area contributed by atoms with Crippen molar-refractivity contribution in [1.29, 1.82) is 0 Å². The van der Waals surface area contributed by atoms with Crippen molar-refractivity contribution in [3.63, 3.8) is 0 Å². The number of hydrogen-bond acceptors (Lipinski definition) is 0. The Kier molecular flexibility index (Phi) is 547. The van der Waals surface area contributed by atoms with Gasteiger partial charge in [0.2, 0.25) is 0 Å². The van der Waals surface area contributed by atoms with Gasteiger partial charge >= 0.3 is 0 Å². The first-order chi connectivity index (χ1) is 0. The molecule has 0 amide bonds. The first-order valence-corrected chi connectivity index (χ1v) is 0. The second-order valence-electron chi connectivity index (χ2n) is 0. The summed E-state index contributed by atoms with van der Waals surface area (Å²) in [6.45, 7) is 0. The molecule has 0 aliphatic rings. The molecule has 7 heavy (non-hydrogen) atoms. The van der Waals surface area contributed by atoms with Crippen molar-refractivity contribution in [2.45, 2.75) is 0 Å². The summed E-state index contributed by atoms with van der Waals surface area (Å²) in [6, 6.07) is 0. The molecule has 52 valence electrons. The van der Waals surface area contributed by atoms with Gasteiger partial charge in [0.25, 0.3) is 0 Å². The van der Waals surface area contributed by atoms with Gasteiger partial charge in [0.05, 0.1) is 0 Å². The molecule has 0 aliphatic heterocycles. The van der Waals surface area contributed by atoms with Gasteiger partial charge < -0.3 is 0 Å². The zero-order valence-corrected chi connectivity index (χ0v) is 9.08. The molecule has 0 N–H and O–H groups in total. The number of hydrogen-bond donors (Lipinski definition) is 0. The Morgan fingerprint density at radius 3 is 0.571 bits per heavy atom. The van der Waals surface area contributed by atoms with E-state index in [0.29, 0.717) is 0 Å². The van der Waals surface area contributed by atoms with Gasteiger partial charge in [0, 0.05) is 87.8 Å². The second kappa shape index (κ2) is 52.9. The fourth-order valence-electron chi connectivity index (χ4n) is 0. The fourth-order valence-corrected chi connectivity index (χ4v) is 0. The molecular weight excluding hydrogens is 358 g/mol. The summed E-state index contributed by atoms with van der Waals surface area (Å²) in [6.07, 6.45) is 0. The molecule has 0 aromatic carbocycles. The fraction of sp³-hybridized carbons (Fsp3) is 0. The Morgan fingerprint density at radius 1 is 0.571 bits per heavy atom. The first kappa shape index (κ1) is 72.4. The van der Waals surface area contributed by atoms with Crippen molar-refractivity contribution >= 4 is 34.7 Å². The molecule has 0 aromatic rings. The SMILES string of the molecule is [AlH3].[AlH3].[Cu].[Cu].[Fe].[Fe].[Zn]. The van der Waals surface area contributed by atoms with Crippen LogP contribution in [0.3, 0.4) is 0 Å². The van der Waals surface area contributed by atoms with Crippen LogP contribution in [0.2, 0.25) is 0 Å². The first-order valence-electron chi connectivity index (χ1n) is 0. The molecule has 0 spiro atoms. The molecule has 2 radical (unpaired) electrons. The number of rotatable bonds is 0. The Morgan fingerprint density at radius 2 is 0.571 bits per heavy atom.